The van der Waals surface area contributed by atoms with Gasteiger partial charge in [0, 0.05) is 11.3 Å². The lowest BCUT2D eigenvalue weighted by atomic mass is 10.0. The average Bonchev–Trinajstić information content (AvgIpc) is 3.02. The van der Waals surface area contributed by atoms with Crippen molar-refractivity contribution in [3.63, 3.8) is 0 Å². The number of carboxylic acids is 1. The van der Waals surface area contributed by atoms with Crippen molar-refractivity contribution in [1.29, 1.82) is 0 Å². The molecular weight excluding hydrogens is 589 g/mol. The molecule has 2 amide bonds. The fraction of sp³-hybridized carbons (Fsp3) is 0.147. The van der Waals surface area contributed by atoms with E-state index in [9.17, 15) is 32.7 Å². The third kappa shape index (κ3) is 9.34. The largest absolute Gasteiger partial charge is 0.480 e. The highest BCUT2D eigenvalue weighted by Gasteiger charge is 2.30. The summed E-state index contributed by atoms with van der Waals surface area (Å²) in [5.74, 6) is -1.85. The molecule has 0 aliphatic rings. The Balaban J connectivity index is 1.52. The van der Waals surface area contributed by atoms with Gasteiger partial charge in [-0.2, -0.15) is 24.9 Å². The molecule has 0 aromatic heterocycles. The third-order valence-electron chi connectivity index (χ3n) is 6.54. The summed E-state index contributed by atoms with van der Waals surface area (Å²) >= 11 is 1.50. The number of hydrogen-bond donors (Lipinski definition) is 3. The Morgan fingerprint density at radius 3 is 2.09 bits per heavy atom. The van der Waals surface area contributed by atoms with Crippen LogP contribution in [0.4, 0.5) is 13.2 Å². The first-order valence-corrected chi connectivity index (χ1v) is 14.8. The molecule has 4 aromatic rings. The van der Waals surface area contributed by atoms with Gasteiger partial charge in [0.2, 0.25) is 0 Å². The fourth-order valence-electron chi connectivity index (χ4n) is 4.23. The van der Waals surface area contributed by atoms with Gasteiger partial charge in [0.25, 0.3) is 11.8 Å². The first-order valence-electron chi connectivity index (χ1n) is 13.6. The van der Waals surface area contributed by atoms with E-state index in [-0.39, 0.29) is 17.5 Å². The highest BCUT2D eigenvalue weighted by Crippen LogP contribution is 2.30. The van der Waals surface area contributed by atoms with Crippen LogP contribution in [-0.2, 0) is 21.5 Å². The van der Waals surface area contributed by atoms with Gasteiger partial charge in [-0.3, -0.25) is 9.59 Å². The molecule has 0 bridgehead atoms. The Hall–Kier alpha value is -4.83. The van der Waals surface area contributed by atoms with Crippen LogP contribution in [-0.4, -0.2) is 34.7 Å². The second-order valence-corrected chi connectivity index (χ2v) is 10.9. The molecule has 10 heteroatoms. The first kappa shape index (κ1) is 32.1. The molecule has 44 heavy (non-hydrogen) atoms. The van der Waals surface area contributed by atoms with E-state index < -0.39 is 41.3 Å². The minimum Gasteiger partial charge on any atom is -0.480 e. The molecule has 226 valence electrons. The summed E-state index contributed by atoms with van der Waals surface area (Å²) in [6.07, 6.45) is -3.45. The van der Waals surface area contributed by atoms with Crippen LogP contribution < -0.4 is 10.6 Å². The van der Waals surface area contributed by atoms with Crippen molar-refractivity contribution in [2.45, 2.75) is 24.4 Å². The van der Waals surface area contributed by atoms with Gasteiger partial charge in [0.15, 0.2) is 0 Å². The average molecular weight is 619 g/mol. The molecule has 0 aliphatic heterocycles. The highest BCUT2D eigenvalue weighted by molar-refractivity contribution is 7.98. The highest BCUT2D eigenvalue weighted by atomic mass is 32.2. The molecule has 0 saturated heterocycles. The number of nitrogens with one attached hydrogen (secondary N) is 2. The van der Waals surface area contributed by atoms with E-state index >= 15 is 0 Å². The van der Waals surface area contributed by atoms with Gasteiger partial charge in [0.1, 0.15) is 11.7 Å². The molecule has 6 nitrogen and oxygen atoms in total. The lowest BCUT2D eigenvalue weighted by molar-refractivity contribution is -0.141. The van der Waals surface area contributed by atoms with Gasteiger partial charge < -0.3 is 15.7 Å². The fourth-order valence-corrected chi connectivity index (χ4v) is 5.20. The molecular formula is C34H29F3N2O4S. The van der Waals surface area contributed by atoms with Crippen molar-refractivity contribution in [3.05, 3.63) is 137 Å². The number of carboxylic acid groups (broad SMARTS) is 1. The Bertz CT molecular complexity index is 1610. The first-order chi connectivity index (χ1) is 21.1. The monoisotopic (exact) mass is 618 g/mol. The molecule has 0 radical (unpaired) electrons. The maximum Gasteiger partial charge on any atom is 0.416 e. The van der Waals surface area contributed by atoms with Crippen LogP contribution in [0.2, 0.25) is 0 Å². The molecule has 1 unspecified atom stereocenters. The number of halogens is 3. The predicted octanol–water partition coefficient (Wildman–Crippen LogP) is 7.04. The van der Waals surface area contributed by atoms with Crippen LogP contribution in [0.1, 0.15) is 33.5 Å². The van der Waals surface area contributed by atoms with Crippen LogP contribution in [0, 0.1) is 0 Å². The molecule has 0 aliphatic carbocycles. The van der Waals surface area contributed by atoms with Gasteiger partial charge in [-0.25, -0.2) is 4.79 Å². The summed E-state index contributed by atoms with van der Waals surface area (Å²) in [5, 5.41) is 14.6. The minimum absolute atomic E-state index is 0.00464. The zero-order chi connectivity index (χ0) is 31.5. The topological polar surface area (TPSA) is 95.5 Å². The summed E-state index contributed by atoms with van der Waals surface area (Å²) in [6.45, 7) is 0. The van der Waals surface area contributed by atoms with Crippen LogP contribution in [0.25, 0.3) is 17.2 Å². The van der Waals surface area contributed by atoms with Crippen molar-refractivity contribution in [3.8, 4) is 11.1 Å². The van der Waals surface area contributed by atoms with E-state index in [0.29, 0.717) is 11.5 Å². The van der Waals surface area contributed by atoms with Gasteiger partial charge >= 0.3 is 12.1 Å². The molecule has 1 atom stereocenters. The van der Waals surface area contributed by atoms with Gasteiger partial charge in [-0.15, -0.1) is 0 Å². The van der Waals surface area contributed by atoms with E-state index in [1.807, 2.05) is 60.7 Å². The minimum atomic E-state index is -4.62. The quantitative estimate of drug-likeness (QED) is 0.117. The van der Waals surface area contributed by atoms with E-state index in [0.717, 1.165) is 34.9 Å². The Labute approximate surface area is 257 Å². The number of thioether (sulfide) groups is 1. The van der Waals surface area contributed by atoms with E-state index in [4.69, 9.17) is 0 Å². The number of aliphatic carboxylic acids is 1. The summed E-state index contributed by atoms with van der Waals surface area (Å²) in [7, 11) is 0. The second-order valence-electron chi connectivity index (χ2n) is 9.77. The van der Waals surface area contributed by atoms with Crippen molar-refractivity contribution in [2.24, 2.45) is 0 Å². The van der Waals surface area contributed by atoms with Crippen molar-refractivity contribution in [1.82, 2.24) is 10.6 Å². The summed E-state index contributed by atoms with van der Waals surface area (Å²) in [6, 6.07) is 28.6. The van der Waals surface area contributed by atoms with Crippen LogP contribution >= 0.6 is 11.8 Å². The number of benzene rings is 4. The molecule has 0 saturated carbocycles. The lowest BCUT2D eigenvalue weighted by Gasteiger charge is -2.17. The van der Waals surface area contributed by atoms with Crippen molar-refractivity contribution < 1.29 is 32.7 Å². The Morgan fingerprint density at radius 1 is 0.818 bits per heavy atom. The smallest absolute Gasteiger partial charge is 0.416 e. The Kier molecular flexibility index (Phi) is 11.0. The standard InChI is InChI=1S/C34H29F3N2O4S/c35-34(36,37)28-13-7-10-24(20-28)21-30(39-31(40)27-16-14-26(15-17-27)25-11-5-2-6-12-25)32(41)38-29(33(42)43)18-19-44-22-23-8-3-1-4-9-23/h1-17,20-21,29H,18-19,22H2,(H,38,41)(H,39,40)(H,42,43). The third-order valence-corrected chi connectivity index (χ3v) is 7.60. The summed E-state index contributed by atoms with van der Waals surface area (Å²) in [4.78, 5) is 38.4. The molecule has 0 spiro atoms. The number of alkyl halides is 3. The summed E-state index contributed by atoms with van der Waals surface area (Å²) < 4.78 is 40.0. The summed E-state index contributed by atoms with van der Waals surface area (Å²) in [5.41, 5.74) is 1.71. The van der Waals surface area contributed by atoms with E-state index in [1.165, 1.54) is 23.9 Å². The van der Waals surface area contributed by atoms with Crippen LogP contribution in [0.3, 0.4) is 0 Å². The SMILES string of the molecule is O=C(NC(CCSCc1ccccc1)C(=O)O)C(=Cc1cccc(C(F)(F)F)c1)NC(=O)c1ccc(-c2ccccc2)cc1. The lowest BCUT2D eigenvalue weighted by Crippen LogP contribution is -2.44. The maximum atomic E-state index is 13.3. The molecule has 4 rings (SSSR count). The number of amides is 2. The van der Waals surface area contributed by atoms with E-state index in [2.05, 4.69) is 10.6 Å². The number of hydrogen-bond acceptors (Lipinski definition) is 4. The van der Waals surface area contributed by atoms with Gasteiger partial charge in [0.05, 0.1) is 5.56 Å². The molecule has 4 aromatic carbocycles. The normalized spacial score (nSPS) is 12.3. The number of rotatable bonds is 12. The number of carbonyl (C=O) groups excluding carboxylic acids is 2. The number of carbonyl (C=O) groups is 3. The molecule has 0 heterocycles. The van der Waals surface area contributed by atoms with E-state index in [1.54, 1.807) is 24.3 Å². The van der Waals surface area contributed by atoms with Gasteiger partial charge in [-0.05, 0) is 64.8 Å². The molecule has 0 fully saturated rings. The van der Waals surface area contributed by atoms with Gasteiger partial charge in [-0.1, -0.05) is 84.9 Å². The maximum absolute atomic E-state index is 13.3. The van der Waals surface area contributed by atoms with Crippen molar-refractivity contribution >= 4 is 35.6 Å². The molecule has 3 N–H and O–H groups in total. The predicted molar refractivity (Wildman–Crippen MR) is 166 cm³/mol. The Morgan fingerprint density at radius 2 is 1.45 bits per heavy atom. The zero-order valence-electron chi connectivity index (χ0n) is 23.4. The second kappa shape index (κ2) is 15.1. The van der Waals surface area contributed by atoms with Crippen LogP contribution in [0.5, 0.6) is 0 Å². The van der Waals surface area contributed by atoms with Crippen LogP contribution in [0.15, 0.2) is 115 Å². The van der Waals surface area contributed by atoms with Crippen molar-refractivity contribution in [2.75, 3.05) is 5.75 Å². The zero-order valence-corrected chi connectivity index (χ0v) is 24.2.